The normalized spacial score (nSPS) is 10.6. The molecule has 0 saturated heterocycles. The summed E-state index contributed by atoms with van der Waals surface area (Å²) < 4.78 is 5.53. The third-order valence-corrected chi connectivity index (χ3v) is 2.47. The molecule has 3 heteroatoms. The fraction of sp³-hybridized carbons (Fsp3) is 0.308. The summed E-state index contributed by atoms with van der Waals surface area (Å²) in [7, 11) is 0. The zero-order valence-electron chi connectivity index (χ0n) is 9.28. The molecule has 0 aliphatic rings. The van der Waals surface area contributed by atoms with Gasteiger partial charge in [0.05, 0.1) is 5.56 Å². The van der Waals surface area contributed by atoms with E-state index in [1.165, 1.54) is 0 Å². The topological polar surface area (TPSA) is 26.3 Å². The first-order valence-electron chi connectivity index (χ1n) is 5.25. The van der Waals surface area contributed by atoms with Crippen molar-refractivity contribution in [3.63, 3.8) is 0 Å². The molecule has 0 aromatic heterocycles. The Morgan fingerprint density at radius 1 is 1.38 bits per heavy atom. The fourth-order valence-electron chi connectivity index (χ4n) is 1.28. The summed E-state index contributed by atoms with van der Waals surface area (Å²) >= 11 is 3.29. The average Bonchev–Trinajstić information content (AvgIpc) is 2.34. The molecule has 0 saturated carbocycles. The molecule has 0 atom stereocenters. The van der Waals surface area contributed by atoms with E-state index in [0.717, 1.165) is 5.33 Å². The van der Waals surface area contributed by atoms with E-state index in [2.05, 4.69) is 15.9 Å². The molecule has 0 bridgehead atoms. The van der Waals surface area contributed by atoms with E-state index in [4.69, 9.17) is 4.74 Å². The number of carbonyl (C=O) groups excluding carboxylic acids is 1. The molecule has 1 aromatic carbocycles. The van der Waals surface area contributed by atoms with Crippen LogP contribution in [-0.2, 0) is 0 Å². The van der Waals surface area contributed by atoms with Crippen molar-refractivity contribution in [3.05, 3.63) is 42.0 Å². The number of halogens is 1. The van der Waals surface area contributed by atoms with Crippen LogP contribution in [0.1, 0.15) is 23.7 Å². The Bertz CT molecular complexity index is 372. The van der Waals surface area contributed by atoms with E-state index in [-0.39, 0.29) is 5.78 Å². The van der Waals surface area contributed by atoms with Crippen LogP contribution in [-0.4, -0.2) is 17.7 Å². The van der Waals surface area contributed by atoms with Gasteiger partial charge >= 0.3 is 0 Å². The first-order valence-corrected chi connectivity index (χ1v) is 6.37. The second-order valence-corrected chi connectivity index (χ2v) is 3.86. The summed E-state index contributed by atoms with van der Waals surface area (Å²) in [6, 6.07) is 7.35. The summed E-state index contributed by atoms with van der Waals surface area (Å²) in [5, 5.41) is 0.811. The maximum atomic E-state index is 11.6. The highest BCUT2D eigenvalue weighted by Gasteiger charge is 2.08. The number of ether oxygens (including phenoxy) is 1. The van der Waals surface area contributed by atoms with Gasteiger partial charge in [0, 0.05) is 11.8 Å². The summed E-state index contributed by atoms with van der Waals surface area (Å²) in [6.07, 6.45) is 4.38. The van der Waals surface area contributed by atoms with E-state index >= 15 is 0 Å². The Hall–Kier alpha value is -1.09. The molecule has 1 aromatic rings. The highest BCUT2D eigenvalue weighted by Crippen LogP contribution is 2.19. The van der Waals surface area contributed by atoms with Crippen LogP contribution in [0.5, 0.6) is 5.75 Å². The summed E-state index contributed by atoms with van der Waals surface area (Å²) in [4.78, 5) is 11.6. The van der Waals surface area contributed by atoms with E-state index in [1.807, 2.05) is 37.3 Å². The average molecular weight is 283 g/mol. The first kappa shape index (κ1) is 13.0. The molecule has 0 N–H and O–H groups in total. The molecule has 0 unspecified atom stereocenters. The van der Waals surface area contributed by atoms with Gasteiger partial charge in [-0.05, 0) is 12.1 Å². The number of Topliss-reactive ketones (excluding diaryl/α,β-unsaturated/α-hetero) is 1. The smallest absolute Gasteiger partial charge is 0.166 e. The molecular weight excluding hydrogens is 268 g/mol. The molecule has 0 aliphatic carbocycles. The van der Waals surface area contributed by atoms with Gasteiger partial charge in [-0.2, -0.15) is 0 Å². The third kappa shape index (κ3) is 3.81. The van der Waals surface area contributed by atoms with Crippen LogP contribution in [0.25, 0.3) is 0 Å². The molecule has 0 amide bonds. The van der Waals surface area contributed by atoms with Crippen LogP contribution in [0, 0.1) is 0 Å². The molecule has 0 spiro atoms. The van der Waals surface area contributed by atoms with Gasteiger partial charge in [-0.1, -0.05) is 47.1 Å². The quantitative estimate of drug-likeness (QED) is 0.453. The zero-order chi connectivity index (χ0) is 11.8. The van der Waals surface area contributed by atoms with Gasteiger partial charge in [-0.15, -0.1) is 0 Å². The lowest BCUT2D eigenvalue weighted by Gasteiger charge is -2.07. The van der Waals surface area contributed by atoms with Crippen molar-refractivity contribution in [3.8, 4) is 5.75 Å². The number of hydrogen-bond acceptors (Lipinski definition) is 2. The minimum atomic E-state index is 0.111. The highest BCUT2D eigenvalue weighted by molar-refractivity contribution is 9.09. The number of hydrogen-bond donors (Lipinski definition) is 0. The van der Waals surface area contributed by atoms with Crippen molar-refractivity contribution in [2.45, 2.75) is 13.3 Å². The Balaban J connectivity index is 2.71. The van der Waals surface area contributed by atoms with E-state index < -0.39 is 0 Å². The predicted molar refractivity (Wildman–Crippen MR) is 69.5 cm³/mol. The van der Waals surface area contributed by atoms with E-state index in [1.54, 1.807) is 6.07 Å². The zero-order valence-corrected chi connectivity index (χ0v) is 10.9. The minimum absolute atomic E-state index is 0.111. The van der Waals surface area contributed by atoms with Crippen molar-refractivity contribution >= 4 is 21.7 Å². The van der Waals surface area contributed by atoms with Gasteiger partial charge in [0.2, 0.25) is 0 Å². The van der Waals surface area contributed by atoms with Crippen molar-refractivity contribution in [2.24, 2.45) is 0 Å². The van der Waals surface area contributed by atoms with Crippen molar-refractivity contribution < 1.29 is 9.53 Å². The molecule has 86 valence electrons. The number of carbonyl (C=O) groups is 1. The van der Waals surface area contributed by atoms with Crippen LogP contribution in [0.3, 0.4) is 0 Å². The molecule has 16 heavy (non-hydrogen) atoms. The van der Waals surface area contributed by atoms with Crippen LogP contribution < -0.4 is 4.74 Å². The maximum Gasteiger partial charge on any atom is 0.166 e. The first-order chi connectivity index (χ1) is 7.79. The van der Waals surface area contributed by atoms with Crippen LogP contribution in [0.4, 0.5) is 0 Å². The Morgan fingerprint density at radius 3 is 2.81 bits per heavy atom. The Labute approximate surface area is 104 Å². The standard InChI is InChI=1S/C13H15BrO2/c1-2-12(15)11-7-3-4-8-13(11)16-10-6-5-9-14/h3-8H,2,9-10H2,1H3/b6-5+. The number of para-hydroxylation sites is 1. The number of ketones is 1. The maximum absolute atomic E-state index is 11.6. The van der Waals surface area contributed by atoms with Crippen molar-refractivity contribution in [1.29, 1.82) is 0 Å². The van der Waals surface area contributed by atoms with E-state index in [9.17, 15) is 4.79 Å². The molecule has 1 rings (SSSR count). The van der Waals surface area contributed by atoms with Crippen LogP contribution >= 0.6 is 15.9 Å². The third-order valence-electron chi connectivity index (χ3n) is 2.10. The molecule has 2 nitrogen and oxygen atoms in total. The Morgan fingerprint density at radius 2 is 2.12 bits per heavy atom. The molecular formula is C13H15BrO2. The number of benzene rings is 1. The predicted octanol–water partition coefficient (Wildman–Crippen LogP) is 3.61. The second-order valence-electron chi connectivity index (χ2n) is 3.21. The molecule has 0 radical (unpaired) electrons. The van der Waals surface area contributed by atoms with Crippen molar-refractivity contribution in [2.75, 3.05) is 11.9 Å². The summed E-state index contributed by atoms with van der Waals surface area (Å²) in [6.45, 7) is 2.34. The SMILES string of the molecule is CCC(=O)c1ccccc1OC/C=C/CBr. The highest BCUT2D eigenvalue weighted by atomic mass is 79.9. The largest absolute Gasteiger partial charge is 0.489 e. The molecule has 0 aliphatic heterocycles. The number of allylic oxidation sites excluding steroid dienone is 1. The minimum Gasteiger partial charge on any atom is -0.489 e. The monoisotopic (exact) mass is 282 g/mol. The number of alkyl halides is 1. The van der Waals surface area contributed by atoms with Crippen LogP contribution in [0.2, 0.25) is 0 Å². The van der Waals surface area contributed by atoms with Gasteiger partial charge in [0.15, 0.2) is 5.78 Å². The summed E-state index contributed by atoms with van der Waals surface area (Å²) in [5.41, 5.74) is 0.664. The lowest BCUT2D eigenvalue weighted by molar-refractivity contribution is 0.0984. The van der Waals surface area contributed by atoms with Gasteiger partial charge < -0.3 is 4.74 Å². The van der Waals surface area contributed by atoms with Gasteiger partial charge in [-0.25, -0.2) is 0 Å². The number of rotatable bonds is 6. The van der Waals surface area contributed by atoms with Crippen molar-refractivity contribution in [1.82, 2.24) is 0 Å². The summed E-state index contributed by atoms with van der Waals surface area (Å²) in [5.74, 6) is 0.772. The molecule has 0 fully saturated rings. The van der Waals surface area contributed by atoms with Gasteiger partial charge in [0.25, 0.3) is 0 Å². The van der Waals surface area contributed by atoms with E-state index in [0.29, 0.717) is 24.3 Å². The lowest BCUT2D eigenvalue weighted by atomic mass is 10.1. The second kappa shape index (κ2) is 7.23. The van der Waals surface area contributed by atoms with Gasteiger partial charge in [0.1, 0.15) is 12.4 Å². The fourth-order valence-corrected chi connectivity index (χ4v) is 1.55. The van der Waals surface area contributed by atoms with Crippen LogP contribution in [0.15, 0.2) is 36.4 Å². The Kier molecular flexibility index (Phi) is 5.86. The lowest BCUT2D eigenvalue weighted by Crippen LogP contribution is -2.02. The molecule has 0 heterocycles. The van der Waals surface area contributed by atoms with Gasteiger partial charge in [-0.3, -0.25) is 4.79 Å².